The lowest BCUT2D eigenvalue weighted by Crippen LogP contribution is -2.33. The first-order valence-corrected chi connectivity index (χ1v) is 7.72. The first-order chi connectivity index (χ1) is 8.49. The molecule has 0 aromatic rings. The van der Waals surface area contributed by atoms with Gasteiger partial charge in [0.25, 0.3) is 0 Å². The average molecular weight is 252 g/mol. The Morgan fingerprint density at radius 2 is 1.83 bits per heavy atom. The summed E-state index contributed by atoms with van der Waals surface area (Å²) in [5, 5.41) is 0. The SMILES string of the molecule is CCC(C)C(=O)OC1(C)CCC2(CCCCC2)C1. The molecule has 2 unspecified atom stereocenters. The van der Waals surface area contributed by atoms with E-state index in [1.54, 1.807) is 0 Å². The van der Waals surface area contributed by atoms with Gasteiger partial charge < -0.3 is 4.74 Å². The van der Waals surface area contributed by atoms with Gasteiger partial charge in [-0.3, -0.25) is 4.79 Å². The molecule has 0 bridgehead atoms. The van der Waals surface area contributed by atoms with Gasteiger partial charge in [-0.2, -0.15) is 0 Å². The molecule has 2 heteroatoms. The lowest BCUT2D eigenvalue weighted by Gasteiger charge is -2.35. The molecular formula is C16H28O2. The molecule has 104 valence electrons. The van der Waals surface area contributed by atoms with Gasteiger partial charge in [-0.15, -0.1) is 0 Å². The second-order valence-corrected chi connectivity index (χ2v) is 6.92. The van der Waals surface area contributed by atoms with E-state index in [4.69, 9.17) is 4.74 Å². The van der Waals surface area contributed by atoms with Crippen molar-refractivity contribution in [3.8, 4) is 0 Å². The molecule has 0 radical (unpaired) electrons. The van der Waals surface area contributed by atoms with Crippen LogP contribution in [0.5, 0.6) is 0 Å². The number of carbonyl (C=O) groups is 1. The van der Waals surface area contributed by atoms with Crippen LogP contribution in [-0.2, 0) is 9.53 Å². The highest BCUT2D eigenvalue weighted by molar-refractivity contribution is 5.72. The maximum absolute atomic E-state index is 12.0. The van der Waals surface area contributed by atoms with E-state index in [0.717, 1.165) is 19.3 Å². The molecule has 2 fully saturated rings. The van der Waals surface area contributed by atoms with Crippen LogP contribution in [-0.4, -0.2) is 11.6 Å². The molecule has 0 aliphatic heterocycles. The van der Waals surface area contributed by atoms with Crippen molar-refractivity contribution in [2.45, 2.75) is 84.2 Å². The van der Waals surface area contributed by atoms with Gasteiger partial charge in [0.2, 0.25) is 0 Å². The Morgan fingerprint density at radius 1 is 1.17 bits per heavy atom. The molecule has 0 heterocycles. The quantitative estimate of drug-likeness (QED) is 0.693. The third kappa shape index (κ3) is 2.89. The summed E-state index contributed by atoms with van der Waals surface area (Å²) in [6.07, 6.45) is 11.1. The van der Waals surface area contributed by atoms with E-state index in [1.807, 2.05) is 13.8 Å². The minimum Gasteiger partial charge on any atom is -0.459 e. The van der Waals surface area contributed by atoms with Crippen molar-refractivity contribution in [1.82, 2.24) is 0 Å². The minimum atomic E-state index is -0.183. The normalized spacial score (nSPS) is 32.4. The van der Waals surface area contributed by atoms with Crippen molar-refractivity contribution in [2.24, 2.45) is 11.3 Å². The van der Waals surface area contributed by atoms with Crippen LogP contribution in [0.1, 0.15) is 78.6 Å². The predicted octanol–water partition coefficient (Wildman–Crippen LogP) is 4.47. The van der Waals surface area contributed by atoms with Gasteiger partial charge in [-0.25, -0.2) is 0 Å². The first-order valence-electron chi connectivity index (χ1n) is 7.72. The molecule has 0 amide bonds. The monoisotopic (exact) mass is 252 g/mol. The smallest absolute Gasteiger partial charge is 0.309 e. The average Bonchev–Trinajstić information content (AvgIpc) is 2.66. The van der Waals surface area contributed by atoms with Crippen molar-refractivity contribution in [3.63, 3.8) is 0 Å². The summed E-state index contributed by atoms with van der Waals surface area (Å²) >= 11 is 0. The maximum atomic E-state index is 12.0. The van der Waals surface area contributed by atoms with Gasteiger partial charge in [-0.05, 0) is 50.9 Å². The molecular weight excluding hydrogens is 224 g/mol. The van der Waals surface area contributed by atoms with Gasteiger partial charge in [0.15, 0.2) is 0 Å². The Balaban J connectivity index is 1.95. The van der Waals surface area contributed by atoms with Crippen LogP contribution in [0.25, 0.3) is 0 Å². The van der Waals surface area contributed by atoms with Crippen molar-refractivity contribution in [1.29, 1.82) is 0 Å². The lowest BCUT2D eigenvalue weighted by molar-refractivity contribution is -0.163. The summed E-state index contributed by atoms with van der Waals surface area (Å²) in [7, 11) is 0. The van der Waals surface area contributed by atoms with Crippen LogP contribution >= 0.6 is 0 Å². The maximum Gasteiger partial charge on any atom is 0.309 e. The topological polar surface area (TPSA) is 26.3 Å². The van der Waals surface area contributed by atoms with Gasteiger partial charge >= 0.3 is 5.97 Å². The number of ether oxygens (including phenoxy) is 1. The molecule has 2 atom stereocenters. The summed E-state index contributed by atoms with van der Waals surface area (Å²) in [6.45, 7) is 6.17. The summed E-state index contributed by atoms with van der Waals surface area (Å²) in [5.74, 6) is 0.0533. The number of rotatable bonds is 3. The highest BCUT2D eigenvalue weighted by atomic mass is 16.6. The lowest BCUT2D eigenvalue weighted by atomic mass is 9.72. The zero-order valence-corrected chi connectivity index (χ0v) is 12.3. The molecule has 0 aromatic carbocycles. The molecule has 2 aliphatic rings. The highest BCUT2D eigenvalue weighted by Crippen LogP contribution is 2.53. The van der Waals surface area contributed by atoms with E-state index >= 15 is 0 Å². The largest absolute Gasteiger partial charge is 0.459 e. The fourth-order valence-electron chi connectivity index (χ4n) is 3.83. The second kappa shape index (κ2) is 5.22. The van der Waals surface area contributed by atoms with Crippen LogP contribution in [0.3, 0.4) is 0 Å². The fraction of sp³-hybridized carbons (Fsp3) is 0.938. The van der Waals surface area contributed by atoms with Crippen molar-refractivity contribution in [3.05, 3.63) is 0 Å². The van der Waals surface area contributed by atoms with Crippen LogP contribution < -0.4 is 0 Å². The van der Waals surface area contributed by atoms with E-state index in [0.29, 0.717) is 5.41 Å². The zero-order valence-electron chi connectivity index (χ0n) is 12.3. The molecule has 2 saturated carbocycles. The van der Waals surface area contributed by atoms with E-state index < -0.39 is 0 Å². The summed E-state index contributed by atoms with van der Waals surface area (Å²) in [5.41, 5.74) is 0.320. The Kier molecular flexibility index (Phi) is 4.03. The fourth-order valence-corrected chi connectivity index (χ4v) is 3.83. The van der Waals surface area contributed by atoms with E-state index in [2.05, 4.69) is 6.92 Å². The van der Waals surface area contributed by atoms with Crippen molar-refractivity contribution < 1.29 is 9.53 Å². The van der Waals surface area contributed by atoms with Gasteiger partial charge in [-0.1, -0.05) is 33.1 Å². The van der Waals surface area contributed by atoms with Crippen molar-refractivity contribution in [2.75, 3.05) is 0 Å². The van der Waals surface area contributed by atoms with Gasteiger partial charge in [0.1, 0.15) is 5.60 Å². The van der Waals surface area contributed by atoms with Crippen molar-refractivity contribution >= 4 is 5.97 Å². The van der Waals surface area contributed by atoms with Crippen LogP contribution in [0.4, 0.5) is 0 Å². The van der Waals surface area contributed by atoms with Crippen LogP contribution in [0.15, 0.2) is 0 Å². The molecule has 2 aliphatic carbocycles. The van der Waals surface area contributed by atoms with Crippen LogP contribution in [0.2, 0.25) is 0 Å². The predicted molar refractivity (Wildman–Crippen MR) is 73.3 cm³/mol. The zero-order chi connectivity index (χ0) is 13.2. The van der Waals surface area contributed by atoms with Gasteiger partial charge in [0.05, 0.1) is 5.92 Å². The third-order valence-corrected chi connectivity index (χ3v) is 5.21. The molecule has 0 saturated heterocycles. The molecule has 2 nitrogen and oxygen atoms in total. The highest BCUT2D eigenvalue weighted by Gasteiger charge is 2.48. The van der Waals surface area contributed by atoms with Crippen LogP contribution in [0, 0.1) is 11.3 Å². The minimum absolute atomic E-state index is 0.00728. The second-order valence-electron chi connectivity index (χ2n) is 6.92. The number of hydrogen-bond donors (Lipinski definition) is 0. The molecule has 18 heavy (non-hydrogen) atoms. The third-order valence-electron chi connectivity index (χ3n) is 5.21. The molecule has 0 aromatic heterocycles. The standard InChI is InChI=1S/C16H28O2/c1-4-13(2)14(17)18-15(3)10-11-16(12-15)8-6-5-7-9-16/h13H,4-12H2,1-3H3. The Labute approximate surface area is 111 Å². The summed E-state index contributed by atoms with van der Waals surface area (Å²) < 4.78 is 5.84. The number of esters is 1. The van der Waals surface area contributed by atoms with E-state index in [-0.39, 0.29) is 17.5 Å². The number of carbonyl (C=O) groups excluding carboxylic acids is 1. The molecule has 0 N–H and O–H groups in total. The van der Waals surface area contributed by atoms with Gasteiger partial charge in [0, 0.05) is 0 Å². The number of hydrogen-bond acceptors (Lipinski definition) is 2. The Bertz CT molecular complexity index is 304. The van der Waals surface area contributed by atoms with E-state index in [1.165, 1.54) is 38.5 Å². The molecule has 1 spiro atoms. The van der Waals surface area contributed by atoms with E-state index in [9.17, 15) is 4.79 Å². The summed E-state index contributed by atoms with van der Waals surface area (Å²) in [6, 6.07) is 0. The Morgan fingerprint density at radius 3 is 2.44 bits per heavy atom. The molecule has 2 rings (SSSR count). The first kappa shape index (κ1) is 13.9. The Hall–Kier alpha value is -0.530. The summed E-state index contributed by atoms with van der Waals surface area (Å²) in [4.78, 5) is 12.0.